The zero-order valence-corrected chi connectivity index (χ0v) is 16.8. The molecule has 8 heteroatoms. The first kappa shape index (κ1) is 18.5. The minimum atomic E-state index is -0.766. The van der Waals surface area contributed by atoms with Crippen LogP contribution in [0.25, 0.3) is 22.3 Å². The van der Waals surface area contributed by atoms with E-state index in [1.807, 2.05) is 37.3 Å². The van der Waals surface area contributed by atoms with Crippen LogP contribution in [0, 0.1) is 6.92 Å². The fourth-order valence-electron chi connectivity index (χ4n) is 4.19. The molecule has 1 aromatic carbocycles. The summed E-state index contributed by atoms with van der Waals surface area (Å²) in [6, 6.07) is 10.6. The zero-order chi connectivity index (χ0) is 21.0. The van der Waals surface area contributed by atoms with E-state index in [1.165, 1.54) is 0 Å². The minimum absolute atomic E-state index is 0.00681. The molecule has 2 fully saturated rings. The Kier molecular flexibility index (Phi) is 4.16. The third kappa shape index (κ3) is 2.96. The SMILES string of the molecule is Cc1nn(C)c2nc(-c3ccccc3)cc(C(=O)N(C3CC3)C3CC(=O)NC3=O)c12. The van der Waals surface area contributed by atoms with Crippen molar-refractivity contribution < 1.29 is 14.4 Å². The topological polar surface area (TPSA) is 97.2 Å². The Morgan fingerprint density at radius 2 is 1.93 bits per heavy atom. The number of hydrogen-bond acceptors (Lipinski definition) is 5. The lowest BCUT2D eigenvalue weighted by atomic mass is 10.0. The number of aromatic nitrogens is 3. The Morgan fingerprint density at radius 3 is 2.57 bits per heavy atom. The predicted octanol–water partition coefficient (Wildman–Crippen LogP) is 1.96. The molecule has 30 heavy (non-hydrogen) atoms. The number of fused-ring (bicyclic) bond motifs is 1. The number of nitrogens with zero attached hydrogens (tertiary/aromatic N) is 4. The van der Waals surface area contributed by atoms with Crippen LogP contribution < -0.4 is 5.32 Å². The van der Waals surface area contributed by atoms with Gasteiger partial charge in [0.15, 0.2) is 5.65 Å². The summed E-state index contributed by atoms with van der Waals surface area (Å²) in [6.07, 6.45) is 1.66. The number of pyridine rings is 1. The van der Waals surface area contributed by atoms with E-state index < -0.39 is 11.9 Å². The van der Waals surface area contributed by atoms with E-state index >= 15 is 0 Å². The van der Waals surface area contributed by atoms with Crippen LogP contribution in [0.1, 0.15) is 35.3 Å². The second-order valence-electron chi connectivity index (χ2n) is 7.90. The maximum atomic E-state index is 13.8. The van der Waals surface area contributed by atoms with Crippen molar-refractivity contribution in [3.63, 3.8) is 0 Å². The van der Waals surface area contributed by atoms with Crippen LogP contribution >= 0.6 is 0 Å². The van der Waals surface area contributed by atoms with E-state index in [1.54, 1.807) is 22.7 Å². The van der Waals surface area contributed by atoms with Gasteiger partial charge in [-0.1, -0.05) is 30.3 Å². The number of nitrogens with one attached hydrogen (secondary N) is 1. The van der Waals surface area contributed by atoms with E-state index in [4.69, 9.17) is 4.98 Å². The highest BCUT2D eigenvalue weighted by Gasteiger charge is 2.45. The molecule has 8 nitrogen and oxygen atoms in total. The van der Waals surface area contributed by atoms with E-state index in [0.29, 0.717) is 28.0 Å². The first-order valence-electron chi connectivity index (χ1n) is 10.00. The summed E-state index contributed by atoms with van der Waals surface area (Å²) < 4.78 is 1.67. The molecule has 2 aromatic heterocycles. The number of rotatable bonds is 4. The molecule has 1 unspecified atom stereocenters. The van der Waals surface area contributed by atoms with Gasteiger partial charge in [-0.3, -0.25) is 24.4 Å². The molecule has 1 aliphatic heterocycles. The summed E-state index contributed by atoms with van der Waals surface area (Å²) in [5.74, 6) is -1.00. The summed E-state index contributed by atoms with van der Waals surface area (Å²) in [4.78, 5) is 44.3. The van der Waals surface area contributed by atoms with Gasteiger partial charge < -0.3 is 4.90 Å². The van der Waals surface area contributed by atoms with E-state index in [2.05, 4.69) is 10.4 Å². The molecule has 2 aliphatic rings. The molecule has 152 valence electrons. The smallest absolute Gasteiger partial charge is 0.255 e. The van der Waals surface area contributed by atoms with E-state index in [9.17, 15) is 14.4 Å². The number of imide groups is 1. The molecule has 5 rings (SSSR count). The maximum Gasteiger partial charge on any atom is 0.255 e. The lowest BCUT2D eigenvalue weighted by Crippen LogP contribution is -2.46. The van der Waals surface area contributed by atoms with Gasteiger partial charge in [-0.25, -0.2) is 4.98 Å². The molecule has 1 N–H and O–H groups in total. The van der Waals surface area contributed by atoms with Crippen molar-refractivity contribution in [2.24, 2.45) is 7.05 Å². The first-order chi connectivity index (χ1) is 14.4. The molecule has 1 saturated carbocycles. The molecule has 0 radical (unpaired) electrons. The van der Waals surface area contributed by atoms with Gasteiger partial charge >= 0.3 is 0 Å². The summed E-state index contributed by atoms with van der Waals surface area (Å²) in [6.45, 7) is 1.84. The Bertz CT molecular complexity index is 1200. The first-order valence-corrected chi connectivity index (χ1v) is 10.00. The summed E-state index contributed by atoms with van der Waals surface area (Å²) >= 11 is 0. The standard InChI is InChI=1S/C22H21N5O3/c1-12-19-15(22(30)27(14-8-9-14)17-11-18(28)24-21(17)29)10-16(13-6-4-3-5-7-13)23-20(19)26(2)25-12/h3-7,10,14,17H,8-9,11H2,1-2H3,(H,24,28,29). The highest BCUT2D eigenvalue weighted by molar-refractivity contribution is 6.12. The molecule has 1 aliphatic carbocycles. The Balaban J connectivity index is 1.67. The quantitative estimate of drug-likeness (QED) is 0.672. The highest BCUT2D eigenvalue weighted by Crippen LogP contribution is 2.35. The molecular formula is C22H21N5O3. The van der Waals surface area contributed by atoms with Crippen molar-refractivity contribution in [1.82, 2.24) is 25.0 Å². The number of hydrogen-bond donors (Lipinski definition) is 1. The van der Waals surface area contributed by atoms with Gasteiger partial charge in [0.2, 0.25) is 11.8 Å². The molecular weight excluding hydrogens is 382 g/mol. The van der Waals surface area contributed by atoms with E-state index in [-0.39, 0.29) is 24.3 Å². The largest absolute Gasteiger partial charge is 0.323 e. The minimum Gasteiger partial charge on any atom is -0.323 e. The molecule has 3 amide bonds. The molecule has 1 saturated heterocycles. The van der Waals surface area contributed by atoms with Crippen molar-refractivity contribution in [2.45, 2.75) is 38.3 Å². The lowest BCUT2D eigenvalue weighted by molar-refractivity contribution is -0.126. The van der Waals surface area contributed by atoms with Crippen molar-refractivity contribution in [1.29, 1.82) is 0 Å². The van der Waals surface area contributed by atoms with Crippen LogP contribution in [0.3, 0.4) is 0 Å². The second kappa shape index (κ2) is 6.76. The molecule has 3 heterocycles. The van der Waals surface area contributed by atoms with Gasteiger partial charge in [-0.05, 0) is 25.8 Å². The van der Waals surface area contributed by atoms with Crippen molar-refractivity contribution >= 4 is 28.8 Å². The van der Waals surface area contributed by atoms with Gasteiger partial charge in [-0.2, -0.15) is 5.10 Å². The predicted molar refractivity (Wildman–Crippen MR) is 109 cm³/mol. The number of aryl methyl sites for hydroxylation is 2. The van der Waals surface area contributed by atoms with Crippen LogP contribution in [0.5, 0.6) is 0 Å². The molecule has 0 bridgehead atoms. The lowest BCUT2D eigenvalue weighted by Gasteiger charge is -2.27. The Morgan fingerprint density at radius 1 is 1.20 bits per heavy atom. The van der Waals surface area contributed by atoms with Crippen molar-refractivity contribution in [3.8, 4) is 11.3 Å². The van der Waals surface area contributed by atoms with Crippen molar-refractivity contribution in [2.75, 3.05) is 0 Å². The number of carbonyl (C=O) groups excluding carboxylic acids is 3. The number of carbonyl (C=O) groups is 3. The average molecular weight is 403 g/mol. The number of benzene rings is 1. The fourth-order valence-corrected chi connectivity index (χ4v) is 4.19. The summed E-state index contributed by atoms with van der Waals surface area (Å²) in [5, 5.41) is 7.47. The second-order valence-corrected chi connectivity index (χ2v) is 7.90. The number of amides is 3. The Labute approximate surface area is 172 Å². The normalized spacial score (nSPS) is 18.7. The molecule has 0 spiro atoms. The van der Waals surface area contributed by atoms with Gasteiger partial charge in [0.25, 0.3) is 5.91 Å². The van der Waals surface area contributed by atoms with Crippen molar-refractivity contribution in [3.05, 3.63) is 47.7 Å². The maximum absolute atomic E-state index is 13.8. The van der Waals surface area contributed by atoms with Crippen LogP contribution in [0.4, 0.5) is 0 Å². The fraction of sp³-hybridized carbons (Fsp3) is 0.318. The van der Waals surface area contributed by atoms with E-state index in [0.717, 1.165) is 18.4 Å². The third-order valence-corrected chi connectivity index (χ3v) is 5.72. The van der Waals surface area contributed by atoms with Crippen LogP contribution in [0.2, 0.25) is 0 Å². The average Bonchev–Trinajstić information content (AvgIpc) is 3.45. The summed E-state index contributed by atoms with van der Waals surface area (Å²) in [5.41, 5.74) is 3.32. The van der Waals surface area contributed by atoms with Crippen LogP contribution in [-0.4, -0.2) is 49.5 Å². The molecule has 3 aromatic rings. The van der Waals surface area contributed by atoms with Gasteiger partial charge in [0.1, 0.15) is 6.04 Å². The Hall–Kier alpha value is -3.55. The zero-order valence-electron chi connectivity index (χ0n) is 16.8. The van der Waals surface area contributed by atoms with Gasteiger partial charge in [-0.15, -0.1) is 0 Å². The summed E-state index contributed by atoms with van der Waals surface area (Å²) in [7, 11) is 1.80. The van der Waals surface area contributed by atoms with Gasteiger partial charge in [0.05, 0.1) is 28.8 Å². The van der Waals surface area contributed by atoms with Crippen LogP contribution in [0.15, 0.2) is 36.4 Å². The molecule has 1 atom stereocenters. The van der Waals surface area contributed by atoms with Crippen LogP contribution in [-0.2, 0) is 16.6 Å². The highest BCUT2D eigenvalue weighted by atomic mass is 16.2. The van der Waals surface area contributed by atoms with Gasteiger partial charge in [0, 0.05) is 18.7 Å². The monoisotopic (exact) mass is 403 g/mol. The third-order valence-electron chi connectivity index (χ3n) is 5.72.